The number of benzene rings is 1. The average Bonchev–Trinajstić information content (AvgIpc) is 2.89. The Morgan fingerprint density at radius 2 is 1.91 bits per heavy atom. The van der Waals surface area contributed by atoms with E-state index >= 15 is 0 Å². The van der Waals surface area contributed by atoms with Gasteiger partial charge < -0.3 is 15.4 Å². The van der Waals surface area contributed by atoms with Gasteiger partial charge >= 0.3 is 0 Å². The van der Waals surface area contributed by atoms with Gasteiger partial charge in [0, 0.05) is 24.9 Å². The standard InChI is InChI=1S/C17H22N2O3/c18-16(20)15-10-19(17(21)12-5-4-6-12)9-13(15)11-22-14-7-2-1-3-8-14/h1-3,7-8,12-13,15H,4-6,9-11H2,(H2,18,20)/t13-,15+/m0/s1. The SMILES string of the molecule is NC(=O)[C@@H]1CN(C(=O)C2CCC2)C[C@H]1COc1ccccc1. The largest absolute Gasteiger partial charge is 0.493 e. The molecule has 1 aromatic rings. The van der Waals surface area contributed by atoms with E-state index in [9.17, 15) is 9.59 Å². The minimum absolute atomic E-state index is 0.0262. The van der Waals surface area contributed by atoms with Crippen molar-refractivity contribution < 1.29 is 14.3 Å². The van der Waals surface area contributed by atoms with Crippen molar-refractivity contribution in [2.45, 2.75) is 19.3 Å². The van der Waals surface area contributed by atoms with Crippen LogP contribution in [0.5, 0.6) is 5.75 Å². The van der Waals surface area contributed by atoms with Crippen LogP contribution in [0.2, 0.25) is 0 Å². The molecule has 0 spiro atoms. The molecule has 3 rings (SSSR count). The van der Waals surface area contributed by atoms with Gasteiger partial charge in [0.2, 0.25) is 11.8 Å². The van der Waals surface area contributed by atoms with E-state index < -0.39 is 0 Å². The maximum atomic E-state index is 12.3. The topological polar surface area (TPSA) is 72.6 Å². The van der Waals surface area contributed by atoms with Gasteiger partial charge in [-0.25, -0.2) is 0 Å². The highest BCUT2D eigenvalue weighted by Crippen LogP contribution is 2.32. The van der Waals surface area contributed by atoms with Crippen LogP contribution in [-0.4, -0.2) is 36.4 Å². The fourth-order valence-electron chi connectivity index (χ4n) is 3.18. The molecule has 1 saturated heterocycles. The van der Waals surface area contributed by atoms with E-state index in [0.29, 0.717) is 19.7 Å². The Bertz CT molecular complexity index is 542. The molecule has 1 heterocycles. The molecule has 0 radical (unpaired) electrons. The summed E-state index contributed by atoms with van der Waals surface area (Å²) < 4.78 is 5.75. The number of nitrogens with zero attached hydrogens (tertiary/aromatic N) is 1. The number of ether oxygens (including phenoxy) is 1. The van der Waals surface area contributed by atoms with Crippen molar-refractivity contribution in [3.8, 4) is 5.75 Å². The number of para-hydroxylation sites is 1. The second-order valence-electron chi connectivity index (χ2n) is 6.26. The number of hydrogen-bond donors (Lipinski definition) is 1. The number of primary amides is 1. The quantitative estimate of drug-likeness (QED) is 0.894. The molecule has 2 aliphatic rings. The van der Waals surface area contributed by atoms with E-state index in [-0.39, 0.29) is 29.6 Å². The van der Waals surface area contributed by atoms with E-state index in [2.05, 4.69) is 0 Å². The summed E-state index contributed by atoms with van der Waals surface area (Å²) in [6.07, 6.45) is 3.08. The highest BCUT2D eigenvalue weighted by Gasteiger charge is 2.41. The number of hydrogen-bond acceptors (Lipinski definition) is 3. The van der Waals surface area contributed by atoms with Crippen LogP contribution in [0.3, 0.4) is 0 Å². The number of likely N-dealkylation sites (tertiary alicyclic amines) is 1. The predicted molar refractivity (Wildman–Crippen MR) is 82.0 cm³/mol. The molecule has 0 unspecified atom stereocenters. The summed E-state index contributed by atoms with van der Waals surface area (Å²) in [5.41, 5.74) is 5.51. The van der Waals surface area contributed by atoms with Gasteiger partial charge in [-0.3, -0.25) is 9.59 Å². The molecule has 1 aliphatic carbocycles. The Balaban J connectivity index is 1.61. The molecule has 2 atom stereocenters. The van der Waals surface area contributed by atoms with Crippen LogP contribution in [0.25, 0.3) is 0 Å². The van der Waals surface area contributed by atoms with E-state index in [1.807, 2.05) is 30.3 Å². The summed E-state index contributed by atoms with van der Waals surface area (Å²) in [6.45, 7) is 1.41. The first kappa shape index (κ1) is 14.9. The van der Waals surface area contributed by atoms with E-state index in [1.165, 1.54) is 0 Å². The molecule has 2 N–H and O–H groups in total. The fraction of sp³-hybridized carbons (Fsp3) is 0.529. The van der Waals surface area contributed by atoms with Crippen molar-refractivity contribution in [2.75, 3.05) is 19.7 Å². The van der Waals surface area contributed by atoms with Crippen LogP contribution < -0.4 is 10.5 Å². The first-order chi connectivity index (χ1) is 10.6. The lowest BCUT2D eigenvalue weighted by Crippen LogP contribution is -2.38. The number of carbonyl (C=O) groups is 2. The molecule has 1 aliphatic heterocycles. The van der Waals surface area contributed by atoms with Gasteiger partial charge in [0.1, 0.15) is 5.75 Å². The van der Waals surface area contributed by atoms with Gasteiger partial charge in [-0.1, -0.05) is 24.6 Å². The van der Waals surface area contributed by atoms with Crippen LogP contribution in [0.15, 0.2) is 30.3 Å². The smallest absolute Gasteiger partial charge is 0.225 e. The molecule has 22 heavy (non-hydrogen) atoms. The van der Waals surface area contributed by atoms with Crippen LogP contribution in [-0.2, 0) is 9.59 Å². The number of nitrogens with two attached hydrogens (primary N) is 1. The highest BCUT2D eigenvalue weighted by atomic mass is 16.5. The molecular formula is C17H22N2O3. The highest BCUT2D eigenvalue weighted by molar-refractivity contribution is 5.83. The van der Waals surface area contributed by atoms with Crippen molar-refractivity contribution >= 4 is 11.8 Å². The van der Waals surface area contributed by atoms with Crippen molar-refractivity contribution in [1.29, 1.82) is 0 Å². The summed E-state index contributed by atoms with van der Waals surface area (Å²) in [7, 11) is 0. The lowest BCUT2D eigenvalue weighted by atomic mass is 9.84. The third-order valence-corrected chi connectivity index (χ3v) is 4.78. The third-order valence-electron chi connectivity index (χ3n) is 4.78. The Hall–Kier alpha value is -2.04. The minimum atomic E-state index is -0.342. The second kappa shape index (κ2) is 6.38. The summed E-state index contributed by atoms with van der Waals surface area (Å²) >= 11 is 0. The Morgan fingerprint density at radius 3 is 2.50 bits per heavy atom. The lowest BCUT2D eigenvalue weighted by molar-refractivity contribution is -0.137. The van der Waals surface area contributed by atoms with Gasteiger partial charge in [0.05, 0.1) is 12.5 Å². The van der Waals surface area contributed by atoms with Crippen LogP contribution in [0.1, 0.15) is 19.3 Å². The van der Waals surface area contributed by atoms with Crippen LogP contribution >= 0.6 is 0 Å². The molecule has 2 fully saturated rings. The third kappa shape index (κ3) is 3.08. The van der Waals surface area contributed by atoms with Crippen molar-refractivity contribution in [3.05, 3.63) is 30.3 Å². The average molecular weight is 302 g/mol. The van der Waals surface area contributed by atoms with E-state index in [1.54, 1.807) is 4.90 Å². The number of rotatable bonds is 5. The maximum Gasteiger partial charge on any atom is 0.225 e. The van der Waals surface area contributed by atoms with Crippen molar-refractivity contribution in [2.24, 2.45) is 23.5 Å². The van der Waals surface area contributed by atoms with Gasteiger partial charge in [-0.15, -0.1) is 0 Å². The zero-order valence-corrected chi connectivity index (χ0v) is 12.6. The first-order valence-corrected chi connectivity index (χ1v) is 7.91. The molecule has 118 valence electrons. The molecule has 0 aromatic heterocycles. The minimum Gasteiger partial charge on any atom is -0.493 e. The molecule has 5 heteroatoms. The van der Waals surface area contributed by atoms with Crippen molar-refractivity contribution in [3.63, 3.8) is 0 Å². The van der Waals surface area contributed by atoms with Gasteiger partial charge in [-0.2, -0.15) is 0 Å². The zero-order chi connectivity index (χ0) is 15.5. The van der Waals surface area contributed by atoms with Gasteiger partial charge in [0.15, 0.2) is 0 Å². The molecule has 1 saturated carbocycles. The summed E-state index contributed by atoms with van der Waals surface area (Å²) in [6, 6.07) is 9.49. The summed E-state index contributed by atoms with van der Waals surface area (Å²) in [4.78, 5) is 25.8. The monoisotopic (exact) mass is 302 g/mol. The summed E-state index contributed by atoms with van der Waals surface area (Å²) in [5.74, 6) is 0.427. The molecule has 5 nitrogen and oxygen atoms in total. The summed E-state index contributed by atoms with van der Waals surface area (Å²) in [5, 5.41) is 0. The Morgan fingerprint density at radius 1 is 1.18 bits per heavy atom. The second-order valence-corrected chi connectivity index (χ2v) is 6.26. The normalized spacial score (nSPS) is 24.8. The van der Waals surface area contributed by atoms with Crippen LogP contribution in [0.4, 0.5) is 0 Å². The van der Waals surface area contributed by atoms with Crippen LogP contribution in [0, 0.1) is 17.8 Å². The zero-order valence-electron chi connectivity index (χ0n) is 12.6. The molecular weight excluding hydrogens is 280 g/mol. The molecule has 0 bridgehead atoms. The number of carbonyl (C=O) groups excluding carboxylic acids is 2. The van der Waals surface area contributed by atoms with E-state index in [4.69, 9.17) is 10.5 Å². The maximum absolute atomic E-state index is 12.3. The Kier molecular flexibility index (Phi) is 4.32. The van der Waals surface area contributed by atoms with Gasteiger partial charge in [0.25, 0.3) is 0 Å². The Labute approximate surface area is 130 Å². The molecule has 2 amide bonds. The fourth-order valence-corrected chi connectivity index (χ4v) is 3.18. The van der Waals surface area contributed by atoms with E-state index in [0.717, 1.165) is 25.0 Å². The number of amides is 2. The first-order valence-electron chi connectivity index (χ1n) is 7.91. The lowest BCUT2D eigenvalue weighted by Gasteiger charge is -2.29. The predicted octanol–water partition coefficient (Wildman–Crippen LogP) is 1.43. The molecule has 1 aromatic carbocycles. The van der Waals surface area contributed by atoms with Crippen molar-refractivity contribution in [1.82, 2.24) is 4.90 Å². The van der Waals surface area contributed by atoms with Gasteiger partial charge in [-0.05, 0) is 25.0 Å².